The summed E-state index contributed by atoms with van der Waals surface area (Å²) in [4.78, 5) is 67.8. The quantitative estimate of drug-likeness (QED) is 0.172. The van der Waals surface area contributed by atoms with Crippen molar-refractivity contribution in [3.63, 3.8) is 0 Å². The van der Waals surface area contributed by atoms with Crippen molar-refractivity contribution < 1.29 is 43.7 Å². The Morgan fingerprint density at radius 2 is 1.91 bits per heavy atom. The van der Waals surface area contributed by atoms with Gasteiger partial charge >= 0.3 is 18.0 Å². The monoisotopic (exact) mass is 630 g/mol. The lowest BCUT2D eigenvalue weighted by molar-refractivity contribution is -0.153. The van der Waals surface area contributed by atoms with Crippen LogP contribution in [0.2, 0.25) is 0 Å². The Balaban J connectivity index is 1.54. The van der Waals surface area contributed by atoms with Gasteiger partial charge in [-0.15, -0.1) is 23.1 Å². The van der Waals surface area contributed by atoms with Crippen molar-refractivity contribution >= 4 is 63.6 Å². The summed E-state index contributed by atoms with van der Waals surface area (Å²) < 4.78 is 10.6. The van der Waals surface area contributed by atoms with Crippen LogP contribution in [0.1, 0.15) is 44.9 Å². The second-order valence-electron chi connectivity index (χ2n) is 10.4. The molecule has 2 aliphatic rings. The number of nitrogens with one attached hydrogen (secondary N) is 2. The molecular formula is C28H30N4O9S2. The number of hydrogen-bond acceptors (Lipinski definition) is 11. The highest BCUT2D eigenvalue weighted by Crippen LogP contribution is 2.43. The fourth-order valence-corrected chi connectivity index (χ4v) is 6.30. The van der Waals surface area contributed by atoms with Gasteiger partial charge in [0, 0.05) is 11.0 Å². The van der Waals surface area contributed by atoms with Crippen molar-refractivity contribution in [2.75, 3.05) is 11.9 Å². The SMILES string of the molecule is CC(C)(C)OC(=O)CC=C(C(=O)NC1S[C@@H]2CC(=O)N2C(C(=O)O)=C1CO)c1csc(NC(=O)OCc2ccccc2)n1. The largest absolute Gasteiger partial charge is 0.477 e. The molecule has 0 radical (unpaired) electrons. The van der Waals surface area contributed by atoms with Gasteiger partial charge in [-0.25, -0.2) is 14.6 Å². The van der Waals surface area contributed by atoms with E-state index in [1.54, 1.807) is 32.9 Å². The van der Waals surface area contributed by atoms with Gasteiger partial charge in [-0.3, -0.25) is 24.6 Å². The summed E-state index contributed by atoms with van der Waals surface area (Å²) in [6.07, 6.45) is 0.356. The van der Waals surface area contributed by atoms with Gasteiger partial charge in [0.05, 0.1) is 36.1 Å². The van der Waals surface area contributed by atoms with Gasteiger partial charge in [0.2, 0.25) is 5.91 Å². The number of rotatable bonds is 10. The molecule has 0 bridgehead atoms. The molecule has 2 aliphatic heterocycles. The van der Waals surface area contributed by atoms with E-state index >= 15 is 0 Å². The van der Waals surface area contributed by atoms with Gasteiger partial charge in [0.1, 0.15) is 23.3 Å². The molecule has 0 aliphatic carbocycles. The maximum Gasteiger partial charge on any atom is 0.413 e. The van der Waals surface area contributed by atoms with Crippen LogP contribution in [-0.4, -0.2) is 72.9 Å². The molecule has 3 heterocycles. The van der Waals surface area contributed by atoms with Crippen molar-refractivity contribution in [3.05, 3.63) is 64.3 Å². The van der Waals surface area contributed by atoms with Gasteiger partial charge in [0.15, 0.2) is 5.13 Å². The number of aromatic nitrogens is 1. The summed E-state index contributed by atoms with van der Waals surface area (Å²) in [5, 5.41) is 25.1. The fraction of sp³-hybridized carbons (Fsp3) is 0.357. The number of aliphatic hydroxyl groups excluding tert-OH is 1. The number of carbonyl (C=O) groups excluding carboxylic acids is 4. The maximum absolute atomic E-state index is 13.6. The van der Waals surface area contributed by atoms with E-state index in [1.807, 2.05) is 18.2 Å². The van der Waals surface area contributed by atoms with E-state index in [1.165, 1.54) is 11.5 Å². The number of fused-ring (bicyclic) bond motifs is 1. The van der Waals surface area contributed by atoms with Gasteiger partial charge in [-0.1, -0.05) is 36.4 Å². The molecule has 1 saturated heterocycles. The number of carbonyl (C=O) groups is 5. The average molecular weight is 631 g/mol. The molecule has 1 aromatic heterocycles. The number of thiazole rings is 1. The Morgan fingerprint density at radius 1 is 1.19 bits per heavy atom. The van der Waals surface area contributed by atoms with Gasteiger partial charge in [-0.05, 0) is 26.3 Å². The minimum atomic E-state index is -1.41. The van der Waals surface area contributed by atoms with Crippen LogP contribution in [0.5, 0.6) is 0 Å². The lowest BCUT2D eigenvalue weighted by Crippen LogP contribution is -2.57. The number of carboxylic acid groups (broad SMARTS) is 1. The second kappa shape index (κ2) is 13.4. The minimum Gasteiger partial charge on any atom is -0.477 e. The summed E-state index contributed by atoms with van der Waals surface area (Å²) in [7, 11) is 0. The molecular weight excluding hydrogens is 600 g/mol. The Hall–Kier alpha value is -4.21. The highest BCUT2D eigenvalue weighted by Gasteiger charge is 2.48. The minimum absolute atomic E-state index is 0.0382. The number of esters is 1. The molecule has 4 N–H and O–H groups in total. The number of nitrogens with zero attached hydrogens (tertiary/aromatic N) is 2. The van der Waals surface area contributed by atoms with Crippen LogP contribution < -0.4 is 10.6 Å². The highest BCUT2D eigenvalue weighted by molar-refractivity contribution is 8.00. The van der Waals surface area contributed by atoms with Crippen LogP contribution in [0.4, 0.5) is 9.93 Å². The molecule has 13 nitrogen and oxygen atoms in total. The molecule has 2 aromatic rings. The summed E-state index contributed by atoms with van der Waals surface area (Å²) in [5.74, 6) is -3.12. The number of hydrogen-bond donors (Lipinski definition) is 4. The van der Waals surface area contributed by atoms with E-state index in [2.05, 4.69) is 15.6 Å². The Morgan fingerprint density at radius 3 is 2.53 bits per heavy atom. The van der Waals surface area contributed by atoms with Crippen molar-refractivity contribution in [2.45, 2.75) is 56.6 Å². The van der Waals surface area contributed by atoms with Gasteiger partial charge in [-0.2, -0.15) is 0 Å². The van der Waals surface area contributed by atoms with E-state index in [9.17, 15) is 34.2 Å². The molecule has 228 valence electrons. The molecule has 1 unspecified atom stereocenters. The first-order valence-electron chi connectivity index (χ1n) is 13.1. The number of amides is 3. The summed E-state index contributed by atoms with van der Waals surface area (Å²) >= 11 is 2.13. The van der Waals surface area contributed by atoms with Crippen LogP contribution in [0.25, 0.3) is 5.57 Å². The molecule has 0 spiro atoms. The number of anilines is 1. The van der Waals surface area contributed by atoms with Crippen LogP contribution >= 0.6 is 23.1 Å². The van der Waals surface area contributed by atoms with E-state index in [-0.39, 0.29) is 47.1 Å². The van der Waals surface area contributed by atoms with Crippen LogP contribution in [0.15, 0.2) is 53.1 Å². The second-order valence-corrected chi connectivity index (χ2v) is 12.5. The molecule has 2 atom stereocenters. The predicted molar refractivity (Wildman–Crippen MR) is 157 cm³/mol. The van der Waals surface area contributed by atoms with Crippen molar-refractivity contribution in [1.29, 1.82) is 0 Å². The number of benzene rings is 1. The maximum atomic E-state index is 13.6. The first-order chi connectivity index (χ1) is 20.4. The zero-order valence-corrected chi connectivity index (χ0v) is 25.1. The van der Waals surface area contributed by atoms with Crippen molar-refractivity contribution in [2.24, 2.45) is 0 Å². The molecule has 3 amide bonds. The van der Waals surface area contributed by atoms with E-state index in [4.69, 9.17) is 9.47 Å². The molecule has 15 heteroatoms. The smallest absolute Gasteiger partial charge is 0.413 e. The Bertz CT molecular complexity index is 1480. The number of aliphatic hydroxyl groups is 1. The van der Waals surface area contributed by atoms with E-state index in [0.717, 1.165) is 33.6 Å². The molecule has 43 heavy (non-hydrogen) atoms. The summed E-state index contributed by atoms with van der Waals surface area (Å²) in [6, 6.07) is 9.07. The van der Waals surface area contributed by atoms with Gasteiger partial charge < -0.3 is 25.0 Å². The van der Waals surface area contributed by atoms with Crippen molar-refractivity contribution in [3.8, 4) is 0 Å². The third-order valence-corrected chi connectivity index (χ3v) is 8.16. The number of β-lactam (4-membered cyclic amide) rings is 1. The van der Waals surface area contributed by atoms with Crippen LogP contribution in [0, 0.1) is 0 Å². The third kappa shape index (κ3) is 8.00. The molecule has 1 aromatic carbocycles. The third-order valence-electron chi connectivity index (χ3n) is 6.04. The van der Waals surface area contributed by atoms with E-state index < -0.39 is 52.8 Å². The number of carboxylic acids is 1. The molecule has 0 saturated carbocycles. The molecule has 4 rings (SSSR count). The topological polar surface area (TPSA) is 184 Å². The van der Waals surface area contributed by atoms with E-state index in [0.29, 0.717) is 0 Å². The van der Waals surface area contributed by atoms with Crippen molar-refractivity contribution in [1.82, 2.24) is 15.2 Å². The Kier molecular flexibility index (Phi) is 9.88. The highest BCUT2D eigenvalue weighted by atomic mass is 32.2. The first kappa shape index (κ1) is 31.7. The lowest BCUT2D eigenvalue weighted by atomic mass is 10.1. The first-order valence-corrected chi connectivity index (χ1v) is 14.9. The Labute approximate surface area is 254 Å². The number of aliphatic carboxylic acids is 1. The zero-order valence-electron chi connectivity index (χ0n) is 23.5. The molecule has 1 fully saturated rings. The standard InChI is InChI=1S/C28H30N4O9S2/c1-28(2,3)41-21(35)10-9-16(18-14-42-26(29-18)31-27(39)40-13-15-7-5-4-6-8-15)23(36)30-24-17(12-33)22(25(37)38)32-19(34)11-20(32)43-24/h4-9,14,20,24,33H,10-13H2,1-3H3,(H,30,36)(H,37,38)(H,29,31,39)/t20-,24?/m1/s1. The summed E-state index contributed by atoms with van der Waals surface area (Å²) in [5.41, 5.74) is -0.318. The fourth-order valence-electron chi connectivity index (χ4n) is 4.18. The average Bonchev–Trinajstić information content (AvgIpc) is 3.38. The number of ether oxygens (including phenoxy) is 2. The predicted octanol–water partition coefficient (Wildman–Crippen LogP) is 3.09. The number of thioether (sulfide) groups is 1. The van der Waals surface area contributed by atoms with Gasteiger partial charge in [0.25, 0.3) is 5.91 Å². The lowest BCUT2D eigenvalue weighted by Gasteiger charge is -2.46. The summed E-state index contributed by atoms with van der Waals surface area (Å²) in [6.45, 7) is 4.43. The zero-order chi connectivity index (χ0) is 31.3. The van der Waals surface area contributed by atoms with Crippen LogP contribution in [-0.2, 0) is 35.3 Å². The normalized spacial score (nSPS) is 18.4. The van der Waals surface area contributed by atoms with Crippen LogP contribution in [0.3, 0.4) is 0 Å².